The number of amides is 4. The van der Waals surface area contributed by atoms with Crippen LogP contribution >= 0.6 is 0 Å². The Hall–Kier alpha value is -4.52. The summed E-state index contributed by atoms with van der Waals surface area (Å²) in [5, 5.41) is 26.1. The number of nitrogens with one attached hydrogen (secondary N) is 4. The number of oxazole rings is 1. The molecule has 2 bridgehead atoms. The van der Waals surface area contributed by atoms with Gasteiger partial charge >= 0.3 is 0 Å². The highest BCUT2D eigenvalue weighted by molar-refractivity contribution is 5.98. The molecule has 45 heavy (non-hydrogen) atoms. The first-order chi connectivity index (χ1) is 21.4. The Morgan fingerprint density at radius 2 is 1.89 bits per heavy atom. The van der Waals surface area contributed by atoms with Crippen LogP contribution in [0.5, 0.6) is 0 Å². The van der Waals surface area contributed by atoms with Crippen LogP contribution in [0.4, 0.5) is 0 Å². The number of aromatic nitrogens is 3. The Bertz CT molecular complexity index is 1510. The number of fused-ring (bicyclic) bond motifs is 2. The molecule has 1 aromatic carbocycles. The molecular formula is C32H43N7O6. The van der Waals surface area contributed by atoms with E-state index in [1.54, 1.807) is 18.2 Å². The van der Waals surface area contributed by atoms with Gasteiger partial charge < -0.3 is 30.8 Å². The molecular weight excluding hydrogens is 578 g/mol. The molecule has 13 nitrogen and oxygen atoms in total. The van der Waals surface area contributed by atoms with Gasteiger partial charge in [-0.15, -0.1) is 0 Å². The Labute approximate surface area is 262 Å². The number of benzene rings is 1. The number of aliphatic hydroxyl groups is 1. The van der Waals surface area contributed by atoms with Crippen molar-refractivity contribution in [1.29, 1.82) is 0 Å². The molecule has 0 saturated carbocycles. The molecule has 2 aromatic heterocycles. The van der Waals surface area contributed by atoms with E-state index in [0.717, 1.165) is 17.0 Å². The van der Waals surface area contributed by atoms with Gasteiger partial charge in [0.1, 0.15) is 24.4 Å². The molecule has 0 radical (unpaired) electrons. The molecule has 1 aliphatic heterocycles. The van der Waals surface area contributed by atoms with E-state index >= 15 is 0 Å². The molecule has 0 fully saturated rings. The van der Waals surface area contributed by atoms with Crippen LogP contribution in [-0.2, 0) is 16.1 Å². The third-order valence-electron chi connectivity index (χ3n) is 7.59. The maximum absolute atomic E-state index is 13.6. The third-order valence-corrected chi connectivity index (χ3v) is 7.59. The Morgan fingerprint density at radius 3 is 2.58 bits per heavy atom. The topological polar surface area (TPSA) is 180 Å². The second-order valence-corrected chi connectivity index (χ2v) is 12.1. The van der Waals surface area contributed by atoms with Crippen LogP contribution in [-0.4, -0.2) is 68.2 Å². The second-order valence-electron chi connectivity index (χ2n) is 12.1. The summed E-state index contributed by atoms with van der Waals surface area (Å²) in [5.41, 5.74) is 3.22. The first-order valence-corrected chi connectivity index (χ1v) is 15.3. The molecule has 13 heteroatoms. The van der Waals surface area contributed by atoms with E-state index < -0.39 is 47.9 Å². The molecule has 4 rings (SSSR count). The summed E-state index contributed by atoms with van der Waals surface area (Å²) >= 11 is 0. The fourth-order valence-electron chi connectivity index (χ4n) is 5.26. The lowest BCUT2D eigenvalue weighted by molar-refractivity contribution is -0.133. The number of rotatable bonds is 7. The van der Waals surface area contributed by atoms with Crippen molar-refractivity contribution in [3.8, 4) is 0 Å². The molecule has 4 atom stereocenters. The summed E-state index contributed by atoms with van der Waals surface area (Å²) in [4.78, 5) is 57.3. The van der Waals surface area contributed by atoms with Crippen molar-refractivity contribution in [1.82, 2.24) is 36.0 Å². The smallest absolute Gasteiger partial charge is 0.273 e. The molecule has 4 amide bonds. The minimum absolute atomic E-state index is 0.0886. The van der Waals surface area contributed by atoms with Crippen molar-refractivity contribution in [3.63, 3.8) is 0 Å². The van der Waals surface area contributed by atoms with E-state index in [1.807, 2.05) is 44.5 Å². The first kappa shape index (κ1) is 33.4. The Kier molecular flexibility index (Phi) is 11.1. The standard InChI is InChI=1S/C32H43N7O6/c1-18(2)13-25-32-36-26(17-45-32)29(42)33-12-7-6-11-24(30(43)37-27(21(5)40)31(44)35-25)34-28(41)23-10-8-9-22(15-23)16-39-20(4)14-19(3)38-39/h8-10,14-15,17-18,21,24-25,27,40H,6-7,11-13,16H2,1-5H3,(H,33,42)(H,34,41)(H,35,44)(H,37,43)/t21-,24+,25+,27+/m1/s1. The van der Waals surface area contributed by atoms with Gasteiger partial charge in [0.05, 0.1) is 18.3 Å². The minimum Gasteiger partial charge on any atom is -0.446 e. The van der Waals surface area contributed by atoms with E-state index in [9.17, 15) is 24.3 Å². The lowest BCUT2D eigenvalue weighted by Gasteiger charge is -2.27. The van der Waals surface area contributed by atoms with E-state index in [-0.39, 0.29) is 23.9 Å². The van der Waals surface area contributed by atoms with Gasteiger partial charge in [0.2, 0.25) is 17.7 Å². The first-order valence-electron chi connectivity index (χ1n) is 15.3. The molecule has 0 unspecified atom stereocenters. The summed E-state index contributed by atoms with van der Waals surface area (Å²) < 4.78 is 7.41. The van der Waals surface area contributed by atoms with Crippen molar-refractivity contribution < 1.29 is 28.7 Å². The third kappa shape index (κ3) is 9.00. The summed E-state index contributed by atoms with van der Waals surface area (Å²) in [6.07, 6.45) is 1.66. The van der Waals surface area contributed by atoms with Crippen molar-refractivity contribution >= 4 is 23.6 Å². The normalized spacial score (nSPS) is 20.7. The molecule has 242 valence electrons. The van der Waals surface area contributed by atoms with Crippen LogP contribution < -0.4 is 21.3 Å². The Morgan fingerprint density at radius 1 is 1.11 bits per heavy atom. The van der Waals surface area contributed by atoms with Crippen LogP contribution in [0.2, 0.25) is 0 Å². The van der Waals surface area contributed by atoms with Gasteiger partial charge in [0.15, 0.2) is 5.69 Å². The van der Waals surface area contributed by atoms with E-state index in [2.05, 4.69) is 31.3 Å². The van der Waals surface area contributed by atoms with Gasteiger partial charge in [0.25, 0.3) is 11.8 Å². The fourth-order valence-corrected chi connectivity index (χ4v) is 5.26. The predicted molar refractivity (Wildman–Crippen MR) is 165 cm³/mol. The molecule has 5 N–H and O–H groups in total. The van der Waals surface area contributed by atoms with E-state index in [4.69, 9.17) is 4.42 Å². The SMILES string of the molecule is Cc1cc(C)n(Cc2cccc(C(=O)N[C@H]3CCCCNC(=O)c4coc(n4)[C@H](CC(C)C)NC(=O)[C@H]([C@@H](C)O)NC3=O)c2)n1. The Balaban J connectivity index is 1.54. The van der Waals surface area contributed by atoms with Crippen molar-refractivity contribution in [2.24, 2.45) is 5.92 Å². The zero-order valence-corrected chi connectivity index (χ0v) is 26.4. The zero-order chi connectivity index (χ0) is 32.7. The van der Waals surface area contributed by atoms with E-state index in [0.29, 0.717) is 37.9 Å². The molecule has 0 spiro atoms. The summed E-state index contributed by atoms with van der Waals surface area (Å²) in [6.45, 7) is 9.99. The largest absolute Gasteiger partial charge is 0.446 e. The zero-order valence-electron chi connectivity index (χ0n) is 26.4. The predicted octanol–water partition coefficient (Wildman–Crippen LogP) is 2.32. The molecule has 0 aliphatic carbocycles. The average Bonchev–Trinajstić information content (AvgIpc) is 3.59. The maximum atomic E-state index is 13.6. The lowest BCUT2D eigenvalue weighted by Crippen LogP contribution is -2.57. The van der Waals surface area contributed by atoms with Gasteiger partial charge in [-0.3, -0.25) is 23.9 Å². The maximum Gasteiger partial charge on any atom is 0.273 e. The number of aryl methyl sites for hydroxylation is 2. The molecule has 3 heterocycles. The monoisotopic (exact) mass is 621 g/mol. The van der Waals surface area contributed by atoms with Gasteiger partial charge in [-0.1, -0.05) is 26.0 Å². The minimum atomic E-state index is -1.32. The van der Waals surface area contributed by atoms with Crippen LogP contribution in [0.15, 0.2) is 41.0 Å². The number of aliphatic hydroxyl groups excluding tert-OH is 1. The highest BCUT2D eigenvalue weighted by Gasteiger charge is 2.33. The summed E-state index contributed by atoms with van der Waals surface area (Å²) in [5.74, 6) is -1.87. The van der Waals surface area contributed by atoms with Gasteiger partial charge in [-0.2, -0.15) is 5.10 Å². The van der Waals surface area contributed by atoms with Crippen LogP contribution in [0.25, 0.3) is 0 Å². The van der Waals surface area contributed by atoms with Crippen molar-refractivity contribution in [2.75, 3.05) is 6.54 Å². The fraction of sp³-hybridized carbons (Fsp3) is 0.500. The molecule has 1 aliphatic rings. The highest BCUT2D eigenvalue weighted by atomic mass is 16.3. The van der Waals surface area contributed by atoms with Gasteiger partial charge in [-0.25, -0.2) is 4.98 Å². The quantitative estimate of drug-likeness (QED) is 0.267. The summed E-state index contributed by atoms with van der Waals surface area (Å²) in [7, 11) is 0. The lowest BCUT2D eigenvalue weighted by atomic mass is 10.0. The van der Waals surface area contributed by atoms with Gasteiger partial charge in [-0.05, 0) is 76.1 Å². The number of hydrogen-bond donors (Lipinski definition) is 5. The van der Waals surface area contributed by atoms with Crippen LogP contribution in [0.3, 0.4) is 0 Å². The van der Waals surface area contributed by atoms with Crippen molar-refractivity contribution in [3.05, 3.63) is 70.7 Å². The number of carbonyl (C=O) groups excluding carboxylic acids is 4. The van der Waals surface area contributed by atoms with Crippen LogP contribution in [0.1, 0.15) is 96.2 Å². The highest BCUT2D eigenvalue weighted by Crippen LogP contribution is 2.22. The summed E-state index contributed by atoms with van der Waals surface area (Å²) in [6, 6.07) is 6.04. The van der Waals surface area contributed by atoms with Gasteiger partial charge in [0, 0.05) is 17.8 Å². The van der Waals surface area contributed by atoms with E-state index in [1.165, 1.54) is 13.2 Å². The molecule has 0 saturated heterocycles. The number of hydrogen-bond acceptors (Lipinski definition) is 8. The number of carbonyl (C=O) groups is 4. The second kappa shape index (κ2) is 15.0. The van der Waals surface area contributed by atoms with Crippen LogP contribution in [0, 0.1) is 19.8 Å². The van der Waals surface area contributed by atoms with Crippen molar-refractivity contribution in [2.45, 2.75) is 91.1 Å². The average molecular weight is 622 g/mol. The molecule has 3 aromatic rings. The number of nitrogens with zero attached hydrogens (tertiary/aromatic N) is 3.